The summed E-state index contributed by atoms with van der Waals surface area (Å²) in [4.78, 5) is 12.0. The lowest BCUT2D eigenvalue weighted by atomic mass is 9.80. The number of carbonyl (C=O) groups is 1. The molecule has 0 radical (unpaired) electrons. The molecule has 4 nitrogen and oxygen atoms in total. The number of hydrogen-bond donors (Lipinski definition) is 1. The molecule has 5 heteroatoms. The number of aryl methyl sites for hydroxylation is 2. The van der Waals surface area contributed by atoms with Crippen LogP contribution >= 0.6 is 15.9 Å². The fourth-order valence-electron chi connectivity index (χ4n) is 2.74. The van der Waals surface area contributed by atoms with Gasteiger partial charge in [-0.25, -0.2) is 0 Å². The van der Waals surface area contributed by atoms with Crippen molar-refractivity contribution in [3.63, 3.8) is 0 Å². The van der Waals surface area contributed by atoms with Crippen LogP contribution in [0, 0.1) is 18.8 Å². The lowest BCUT2D eigenvalue weighted by molar-refractivity contribution is 0.0931. The highest BCUT2D eigenvalue weighted by molar-refractivity contribution is 9.09. The van der Waals surface area contributed by atoms with Crippen molar-refractivity contribution in [2.24, 2.45) is 18.9 Å². The Morgan fingerprint density at radius 2 is 2.16 bits per heavy atom. The summed E-state index contributed by atoms with van der Waals surface area (Å²) in [5.74, 6) is 1.24. The first-order valence-electron chi connectivity index (χ1n) is 6.96. The number of rotatable bonds is 4. The molecule has 1 N–H and O–H groups in total. The monoisotopic (exact) mass is 327 g/mol. The number of nitrogens with one attached hydrogen (secondary N) is 1. The van der Waals surface area contributed by atoms with Gasteiger partial charge in [0.15, 0.2) is 0 Å². The SMILES string of the molecule is Cc1cc(C(=O)NCC2CCCCC2CBr)nn1C. The summed E-state index contributed by atoms with van der Waals surface area (Å²) in [7, 11) is 1.86. The Morgan fingerprint density at radius 1 is 1.47 bits per heavy atom. The molecule has 1 fully saturated rings. The standard InChI is InChI=1S/C14H22BrN3O/c1-10-7-13(17-18(10)2)14(19)16-9-12-6-4-3-5-11(12)8-15/h7,11-12H,3-6,8-9H2,1-2H3,(H,16,19). The summed E-state index contributed by atoms with van der Waals surface area (Å²) in [5, 5.41) is 8.28. The number of hydrogen-bond acceptors (Lipinski definition) is 2. The van der Waals surface area contributed by atoms with Crippen LogP contribution in [0.3, 0.4) is 0 Å². The Bertz CT molecular complexity index is 424. The average Bonchev–Trinajstić information content (AvgIpc) is 2.76. The van der Waals surface area contributed by atoms with Crippen LogP contribution in [0.4, 0.5) is 0 Å². The molecule has 2 rings (SSSR count). The Labute approximate surface area is 123 Å². The zero-order valence-corrected chi connectivity index (χ0v) is 13.2. The third-order valence-corrected chi connectivity index (χ3v) is 4.97. The van der Waals surface area contributed by atoms with E-state index in [0.717, 1.165) is 17.6 Å². The van der Waals surface area contributed by atoms with Gasteiger partial charge in [-0.1, -0.05) is 28.8 Å². The van der Waals surface area contributed by atoms with Gasteiger partial charge in [-0.3, -0.25) is 9.48 Å². The summed E-state index contributed by atoms with van der Waals surface area (Å²) < 4.78 is 1.73. The molecule has 1 aliphatic rings. The number of aromatic nitrogens is 2. The average molecular weight is 328 g/mol. The van der Waals surface area contributed by atoms with Crippen molar-refractivity contribution in [1.82, 2.24) is 15.1 Å². The molecular formula is C14H22BrN3O. The van der Waals surface area contributed by atoms with E-state index in [-0.39, 0.29) is 5.91 Å². The first kappa shape index (κ1) is 14.6. The van der Waals surface area contributed by atoms with Gasteiger partial charge in [-0.05, 0) is 37.7 Å². The second-order valence-corrected chi connectivity index (χ2v) is 6.11. The molecule has 1 heterocycles. The molecule has 1 aromatic heterocycles. The van der Waals surface area contributed by atoms with Crippen LogP contribution in [0.2, 0.25) is 0 Å². The van der Waals surface area contributed by atoms with E-state index < -0.39 is 0 Å². The molecule has 0 aliphatic heterocycles. The highest BCUT2D eigenvalue weighted by atomic mass is 79.9. The zero-order valence-electron chi connectivity index (χ0n) is 11.7. The number of alkyl halides is 1. The summed E-state index contributed by atoms with van der Waals surface area (Å²) in [6, 6.07) is 1.83. The van der Waals surface area contributed by atoms with E-state index in [1.165, 1.54) is 25.7 Å². The quantitative estimate of drug-likeness (QED) is 0.864. The van der Waals surface area contributed by atoms with E-state index in [4.69, 9.17) is 0 Å². The smallest absolute Gasteiger partial charge is 0.271 e. The minimum absolute atomic E-state index is 0.0532. The molecular weight excluding hydrogens is 306 g/mol. The second kappa shape index (κ2) is 6.55. The van der Waals surface area contributed by atoms with Crippen LogP contribution in [0.5, 0.6) is 0 Å². The van der Waals surface area contributed by atoms with Gasteiger partial charge >= 0.3 is 0 Å². The number of amides is 1. The molecule has 1 saturated carbocycles. The molecule has 19 heavy (non-hydrogen) atoms. The van der Waals surface area contributed by atoms with E-state index >= 15 is 0 Å². The van der Waals surface area contributed by atoms with Crippen molar-refractivity contribution < 1.29 is 4.79 Å². The minimum Gasteiger partial charge on any atom is -0.350 e. The Balaban J connectivity index is 1.89. The lowest BCUT2D eigenvalue weighted by Crippen LogP contribution is -2.35. The maximum atomic E-state index is 12.0. The minimum atomic E-state index is -0.0532. The van der Waals surface area contributed by atoms with E-state index in [2.05, 4.69) is 26.3 Å². The molecule has 1 aromatic rings. The third kappa shape index (κ3) is 3.59. The molecule has 1 aliphatic carbocycles. The molecule has 1 amide bonds. The van der Waals surface area contributed by atoms with Gasteiger partial charge in [0, 0.05) is 24.6 Å². The third-order valence-electron chi connectivity index (χ3n) is 4.14. The van der Waals surface area contributed by atoms with Gasteiger partial charge < -0.3 is 5.32 Å². The fraction of sp³-hybridized carbons (Fsp3) is 0.714. The summed E-state index contributed by atoms with van der Waals surface area (Å²) in [6.45, 7) is 2.72. The van der Waals surface area contributed by atoms with E-state index in [0.29, 0.717) is 17.5 Å². The Morgan fingerprint density at radius 3 is 2.74 bits per heavy atom. The second-order valence-electron chi connectivity index (χ2n) is 5.46. The normalized spacial score (nSPS) is 23.3. The summed E-state index contributed by atoms with van der Waals surface area (Å²) >= 11 is 3.59. The number of carbonyl (C=O) groups excluding carboxylic acids is 1. The maximum absolute atomic E-state index is 12.0. The molecule has 2 unspecified atom stereocenters. The van der Waals surface area contributed by atoms with Crippen LogP contribution in [-0.2, 0) is 7.05 Å². The highest BCUT2D eigenvalue weighted by Crippen LogP contribution is 2.30. The Kier molecular flexibility index (Phi) is 5.02. The predicted octanol–water partition coefficient (Wildman–Crippen LogP) is 2.66. The van der Waals surface area contributed by atoms with Gasteiger partial charge in [0.05, 0.1) is 0 Å². The van der Waals surface area contributed by atoms with E-state index in [1.807, 2.05) is 20.0 Å². The number of halogens is 1. The highest BCUT2D eigenvalue weighted by Gasteiger charge is 2.24. The first-order valence-corrected chi connectivity index (χ1v) is 8.08. The van der Waals surface area contributed by atoms with Crippen molar-refractivity contribution in [2.45, 2.75) is 32.6 Å². The van der Waals surface area contributed by atoms with Gasteiger partial charge in [-0.2, -0.15) is 5.10 Å². The van der Waals surface area contributed by atoms with Crippen molar-refractivity contribution in [3.8, 4) is 0 Å². The van der Waals surface area contributed by atoms with Crippen LogP contribution in [0.25, 0.3) is 0 Å². The van der Waals surface area contributed by atoms with E-state index in [1.54, 1.807) is 4.68 Å². The molecule has 0 aromatic carbocycles. The van der Waals surface area contributed by atoms with Crippen molar-refractivity contribution >= 4 is 21.8 Å². The molecule has 0 bridgehead atoms. The largest absolute Gasteiger partial charge is 0.350 e. The maximum Gasteiger partial charge on any atom is 0.271 e. The van der Waals surface area contributed by atoms with Crippen molar-refractivity contribution in [1.29, 1.82) is 0 Å². The van der Waals surface area contributed by atoms with Gasteiger partial charge in [0.2, 0.25) is 0 Å². The van der Waals surface area contributed by atoms with Crippen LogP contribution in [-0.4, -0.2) is 27.6 Å². The van der Waals surface area contributed by atoms with Crippen LogP contribution in [0.1, 0.15) is 41.9 Å². The molecule has 0 spiro atoms. The summed E-state index contributed by atoms with van der Waals surface area (Å²) in [6.07, 6.45) is 5.10. The fourth-order valence-corrected chi connectivity index (χ4v) is 3.59. The van der Waals surface area contributed by atoms with Gasteiger partial charge in [0.25, 0.3) is 5.91 Å². The molecule has 2 atom stereocenters. The molecule has 0 saturated heterocycles. The van der Waals surface area contributed by atoms with Crippen molar-refractivity contribution in [2.75, 3.05) is 11.9 Å². The first-order chi connectivity index (χ1) is 9.11. The van der Waals surface area contributed by atoms with Crippen LogP contribution in [0.15, 0.2) is 6.07 Å². The predicted molar refractivity (Wildman–Crippen MR) is 79.5 cm³/mol. The van der Waals surface area contributed by atoms with Gasteiger partial charge in [-0.15, -0.1) is 0 Å². The van der Waals surface area contributed by atoms with Gasteiger partial charge in [0.1, 0.15) is 5.69 Å². The van der Waals surface area contributed by atoms with E-state index in [9.17, 15) is 4.79 Å². The Hall–Kier alpha value is -0.840. The van der Waals surface area contributed by atoms with Crippen molar-refractivity contribution in [3.05, 3.63) is 17.5 Å². The van der Waals surface area contributed by atoms with Crippen LogP contribution < -0.4 is 5.32 Å². The topological polar surface area (TPSA) is 46.9 Å². The number of nitrogens with zero attached hydrogens (tertiary/aromatic N) is 2. The molecule has 106 valence electrons. The zero-order chi connectivity index (χ0) is 13.8. The summed E-state index contributed by atoms with van der Waals surface area (Å²) in [5.41, 5.74) is 1.52. The lowest BCUT2D eigenvalue weighted by Gasteiger charge is -2.30.